The van der Waals surface area contributed by atoms with Crippen LogP contribution in [0.3, 0.4) is 0 Å². The Kier molecular flexibility index (Phi) is 6.25. The van der Waals surface area contributed by atoms with E-state index in [4.69, 9.17) is 22.1 Å². The Bertz CT molecular complexity index is 1020. The number of rotatable bonds is 6. The van der Waals surface area contributed by atoms with Gasteiger partial charge in [-0.05, 0) is 60.3 Å². The zero-order chi connectivity index (χ0) is 21.0. The molecule has 29 heavy (non-hydrogen) atoms. The highest BCUT2D eigenvalue weighted by molar-refractivity contribution is 8.26. The van der Waals surface area contributed by atoms with E-state index in [2.05, 4.69) is 5.43 Å². The van der Waals surface area contributed by atoms with Crippen LogP contribution in [0, 0.1) is 5.82 Å². The Labute approximate surface area is 174 Å². The van der Waals surface area contributed by atoms with Crippen molar-refractivity contribution < 1.29 is 28.6 Å². The molecule has 1 aliphatic heterocycles. The van der Waals surface area contributed by atoms with E-state index in [0.717, 1.165) is 28.9 Å². The van der Waals surface area contributed by atoms with Gasteiger partial charge in [0.2, 0.25) is 0 Å². The lowest BCUT2D eigenvalue weighted by atomic mass is 10.2. The highest BCUT2D eigenvalue weighted by atomic mass is 32.2. The number of ether oxygens (including phenoxy) is 1. The van der Waals surface area contributed by atoms with Gasteiger partial charge in [-0.15, -0.1) is 0 Å². The summed E-state index contributed by atoms with van der Waals surface area (Å²) in [5.41, 5.74) is 3.17. The van der Waals surface area contributed by atoms with Crippen molar-refractivity contribution in [2.24, 2.45) is 0 Å². The number of hydrogen-bond donors (Lipinski definition) is 2. The fourth-order valence-electron chi connectivity index (χ4n) is 2.32. The highest BCUT2D eigenvalue weighted by Gasteiger charge is 2.33. The first-order chi connectivity index (χ1) is 13.8. The van der Waals surface area contributed by atoms with Crippen LogP contribution in [0.5, 0.6) is 5.75 Å². The van der Waals surface area contributed by atoms with Gasteiger partial charge < -0.3 is 9.84 Å². The normalized spacial score (nSPS) is 14.9. The maximum Gasteiger partial charge on any atom is 0.341 e. The average molecular weight is 432 g/mol. The Morgan fingerprint density at radius 1 is 1.24 bits per heavy atom. The quantitative estimate of drug-likeness (QED) is 0.535. The summed E-state index contributed by atoms with van der Waals surface area (Å²) in [5, 5.41) is 9.62. The lowest BCUT2D eigenvalue weighted by Crippen LogP contribution is -2.44. The summed E-state index contributed by atoms with van der Waals surface area (Å²) in [4.78, 5) is 35.7. The molecule has 0 unspecified atom stereocenters. The van der Waals surface area contributed by atoms with E-state index in [1.165, 1.54) is 12.1 Å². The van der Waals surface area contributed by atoms with Crippen molar-refractivity contribution in [2.45, 2.75) is 0 Å². The van der Waals surface area contributed by atoms with Crippen molar-refractivity contribution in [3.63, 3.8) is 0 Å². The number of nitrogens with one attached hydrogen (secondary N) is 1. The number of thioether (sulfide) groups is 1. The molecular weight excluding hydrogens is 419 g/mol. The van der Waals surface area contributed by atoms with Crippen molar-refractivity contribution in [1.29, 1.82) is 0 Å². The van der Waals surface area contributed by atoms with E-state index in [0.29, 0.717) is 11.3 Å². The zero-order valence-electron chi connectivity index (χ0n) is 14.6. The number of benzene rings is 2. The molecule has 0 saturated carbocycles. The standard InChI is InChI=1S/C19H13FN2O5S2/c20-13-6-4-12(5-7-13)17(25)21-22-18(26)15(29-19(22)28)9-11-2-1-3-14(8-11)27-10-16(23)24/h1-9H,10H2,(H,21,25)(H,23,24)/b15-9+. The number of carboxylic acids is 1. The predicted molar refractivity (Wildman–Crippen MR) is 108 cm³/mol. The van der Waals surface area contributed by atoms with Crippen LogP contribution in [0.15, 0.2) is 53.4 Å². The molecule has 0 atom stereocenters. The van der Waals surface area contributed by atoms with Gasteiger partial charge in [-0.1, -0.05) is 23.9 Å². The molecular formula is C19H13FN2O5S2. The van der Waals surface area contributed by atoms with Gasteiger partial charge in [-0.2, -0.15) is 5.01 Å². The van der Waals surface area contributed by atoms with Crippen molar-refractivity contribution in [1.82, 2.24) is 10.4 Å². The first kappa shape index (κ1) is 20.5. The Morgan fingerprint density at radius 3 is 2.66 bits per heavy atom. The topological polar surface area (TPSA) is 95.9 Å². The number of thiocarbonyl (C=S) groups is 1. The summed E-state index contributed by atoms with van der Waals surface area (Å²) in [5.74, 6) is -2.38. The van der Waals surface area contributed by atoms with Crippen LogP contribution in [-0.2, 0) is 9.59 Å². The molecule has 1 saturated heterocycles. The van der Waals surface area contributed by atoms with E-state index >= 15 is 0 Å². The minimum Gasteiger partial charge on any atom is -0.482 e. The third-order valence-electron chi connectivity index (χ3n) is 3.63. The van der Waals surface area contributed by atoms with E-state index < -0.39 is 30.2 Å². The number of carbonyl (C=O) groups excluding carboxylic acids is 2. The molecule has 2 aromatic carbocycles. The van der Waals surface area contributed by atoms with Gasteiger partial charge in [-0.25, -0.2) is 9.18 Å². The van der Waals surface area contributed by atoms with E-state index in [-0.39, 0.29) is 14.8 Å². The van der Waals surface area contributed by atoms with Crippen molar-refractivity contribution in [2.75, 3.05) is 6.61 Å². The number of carbonyl (C=O) groups is 3. The van der Waals surface area contributed by atoms with E-state index in [9.17, 15) is 18.8 Å². The fourth-order valence-corrected chi connectivity index (χ4v) is 3.50. The maximum absolute atomic E-state index is 13.0. The van der Waals surface area contributed by atoms with Gasteiger partial charge in [0.05, 0.1) is 4.91 Å². The zero-order valence-corrected chi connectivity index (χ0v) is 16.3. The lowest BCUT2D eigenvalue weighted by molar-refractivity contribution is -0.139. The van der Waals surface area contributed by atoms with Crippen LogP contribution in [0.25, 0.3) is 6.08 Å². The molecule has 2 N–H and O–H groups in total. The van der Waals surface area contributed by atoms with Crippen LogP contribution in [0.1, 0.15) is 15.9 Å². The number of amides is 2. The average Bonchev–Trinajstić information content (AvgIpc) is 2.94. The lowest BCUT2D eigenvalue weighted by Gasteiger charge is -2.15. The smallest absolute Gasteiger partial charge is 0.341 e. The molecule has 0 radical (unpaired) electrons. The molecule has 0 spiro atoms. The van der Waals surface area contributed by atoms with Gasteiger partial charge in [-0.3, -0.25) is 15.0 Å². The van der Waals surface area contributed by atoms with Crippen LogP contribution in [0.2, 0.25) is 0 Å². The number of hydrogen-bond acceptors (Lipinski definition) is 6. The van der Waals surface area contributed by atoms with Gasteiger partial charge in [0, 0.05) is 5.56 Å². The van der Waals surface area contributed by atoms with Crippen molar-refractivity contribution >= 4 is 52.2 Å². The number of carboxylic acid groups (broad SMARTS) is 1. The maximum atomic E-state index is 13.0. The van der Waals surface area contributed by atoms with Crippen molar-refractivity contribution in [3.05, 3.63) is 70.4 Å². The fraction of sp³-hybridized carbons (Fsp3) is 0.0526. The van der Waals surface area contributed by atoms with Gasteiger partial charge in [0.1, 0.15) is 11.6 Å². The molecule has 148 valence electrons. The van der Waals surface area contributed by atoms with Crippen molar-refractivity contribution in [3.8, 4) is 5.75 Å². The molecule has 7 nitrogen and oxygen atoms in total. The van der Waals surface area contributed by atoms with Crippen LogP contribution >= 0.6 is 24.0 Å². The molecule has 0 aromatic heterocycles. The number of hydrazine groups is 1. The van der Waals surface area contributed by atoms with Crippen LogP contribution in [-0.4, -0.2) is 38.8 Å². The van der Waals surface area contributed by atoms with Crippen LogP contribution < -0.4 is 10.2 Å². The minimum absolute atomic E-state index is 0.134. The Morgan fingerprint density at radius 2 is 1.97 bits per heavy atom. The molecule has 0 aliphatic carbocycles. The largest absolute Gasteiger partial charge is 0.482 e. The molecule has 1 fully saturated rings. The molecule has 2 amide bonds. The minimum atomic E-state index is -1.10. The Hall–Kier alpha value is -3.24. The summed E-state index contributed by atoms with van der Waals surface area (Å²) < 4.78 is 18.2. The highest BCUT2D eigenvalue weighted by Crippen LogP contribution is 2.32. The van der Waals surface area contributed by atoms with Gasteiger partial charge in [0.15, 0.2) is 10.9 Å². The van der Waals surface area contributed by atoms with Crippen LogP contribution in [0.4, 0.5) is 4.39 Å². The Balaban J connectivity index is 1.73. The van der Waals surface area contributed by atoms with E-state index in [1.807, 2.05) is 0 Å². The second kappa shape index (κ2) is 8.84. The van der Waals surface area contributed by atoms with E-state index in [1.54, 1.807) is 30.3 Å². The molecule has 2 aromatic rings. The molecule has 1 heterocycles. The summed E-state index contributed by atoms with van der Waals surface area (Å²) in [6, 6.07) is 11.4. The summed E-state index contributed by atoms with van der Waals surface area (Å²) >= 11 is 6.16. The SMILES string of the molecule is O=C(O)COc1cccc(/C=C2/SC(=S)N(NC(=O)c3ccc(F)cc3)C2=O)c1. The summed E-state index contributed by atoms with van der Waals surface area (Å²) in [6.07, 6.45) is 1.55. The number of nitrogens with zero attached hydrogens (tertiary/aromatic N) is 1. The monoisotopic (exact) mass is 432 g/mol. The first-order valence-corrected chi connectivity index (χ1v) is 9.35. The van der Waals surface area contributed by atoms with Gasteiger partial charge >= 0.3 is 5.97 Å². The van der Waals surface area contributed by atoms with Gasteiger partial charge in [0.25, 0.3) is 11.8 Å². The molecule has 1 aliphatic rings. The third-order valence-corrected chi connectivity index (χ3v) is 4.93. The third kappa shape index (κ3) is 5.18. The molecule has 0 bridgehead atoms. The second-order valence-electron chi connectivity index (χ2n) is 5.72. The number of halogens is 1. The molecule has 3 rings (SSSR count). The molecule has 10 heteroatoms. The first-order valence-electron chi connectivity index (χ1n) is 8.12. The number of aliphatic carboxylic acids is 1. The summed E-state index contributed by atoms with van der Waals surface area (Å²) in [6.45, 7) is -0.485. The summed E-state index contributed by atoms with van der Waals surface area (Å²) in [7, 11) is 0. The second-order valence-corrected chi connectivity index (χ2v) is 7.40. The predicted octanol–water partition coefficient (Wildman–Crippen LogP) is 2.84.